The van der Waals surface area contributed by atoms with E-state index >= 15 is 0 Å². The second-order valence-electron chi connectivity index (χ2n) is 4.87. The average Bonchev–Trinajstić information content (AvgIpc) is 2.63. The SMILES string of the molecule is CC1OCCC1CNC1CCCCC1. The minimum absolute atomic E-state index is 0.478. The van der Waals surface area contributed by atoms with Crippen molar-refractivity contribution in [3.63, 3.8) is 0 Å². The molecule has 1 saturated carbocycles. The van der Waals surface area contributed by atoms with E-state index in [2.05, 4.69) is 12.2 Å². The molecule has 2 atom stereocenters. The minimum Gasteiger partial charge on any atom is -0.378 e. The first-order chi connectivity index (χ1) is 6.86. The van der Waals surface area contributed by atoms with Crippen LogP contribution in [-0.2, 0) is 4.74 Å². The summed E-state index contributed by atoms with van der Waals surface area (Å²) in [6, 6.07) is 0.802. The highest BCUT2D eigenvalue weighted by atomic mass is 16.5. The molecular formula is C12H23NO. The van der Waals surface area contributed by atoms with Crippen molar-refractivity contribution in [2.75, 3.05) is 13.2 Å². The van der Waals surface area contributed by atoms with Gasteiger partial charge in [0.1, 0.15) is 0 Å². The summed E-state index contributed by atoms with van der Waals surface area (Å²) >= 11 is 0. The maximum Gasteiger partial charge on any atom is 0.0588 e. The fourth-order valence-electron chi connectivity index (χ4n) is 2.67. The Labute approximate surface area is 87.4 Å². The Balaban J connectivity index is 1.65. The van der Waals surface area contributed by atoms with Crippen molar-refractivity contribution in [1.82, 2.24) is 5.32 Å². The van der Waals surface area contributed by atoms with E-state index in [4.69, 9.17) is 4.74 Å². The van der Waals surface area contributed by atoms with E-state index < -0.39 is 0 Å². The molecule has 14 heavy (non-hydrogen) atoms. The topological polar surface area (TPSA) is 21.3 Å². The van der Waals surface area contributed by atoms with Gasteiger partial charge in [-0.25, -0.2) is 0 Å². The summed E-state index contributed by atoms with van der Waals surface area (Å²) in [5, 5.41) is 3.71. The van der Waals surface area contributed by atoms with E-state index in [-0.39, 0.29) is 0 Å². The van der Waals surface area contributed by atoms with Gasteiger partial charge in [0, 0.05) is 19.2 Å². The summed E-state index contributed by atoms with van der Waals surface area (Å²) < 4.78 is 5.57. The van der Waals surface area contributed by atoms with E-state index in [1.165, 1.54) is 45.1 Å². The number of nitrogens with one attached hydrogen (secondary N) is 1. The van der Waals surface area contributed by atoms with Crippen LogP contribution in [0.25, 0.3) is 0 Å². The fraction of sp³-hybridized carbons (Fsp3) is 1.00. The first-order valence-electron chi connectivity index (χ1n) is 6.21. The first-order valence-corrected chi connectivity index (χ1v) is 6.21. The lowest BCUT2D eigenvalue weighted by Crippen LogP contribution is -2.36. The quantitative estimate of drug-likeness (QED) is 0.750. The molecule has 0 bridgehead atoms. The summed E-state index contributed by atoms with van der Waals surface area (Å²) in [5.74, 6) is 0.761. The van der Waals surface area contributed by atoms with Crippen LogP contribution in [0.1, 0.15) is 45.4 Å². The van der Waals surface area contributed by atoms with Crippen LogP contribution in [0.2, 0.25) is 0 Å². The normalized spacial score (nSPS) is 34.9. The van der Waals surface area contributed by atoms with Crippen LogP contribution >= 0.6 is 0 Å². The predicted octanol–water partition coefficient (Wildman–Crippen LogP) is 2.33. The van der Waals surface area contributed by atoms with Crippen molar-refractivity contribution in [1.29, 1.82) is 0 Å². The van der Waals surface area contributed by atoms with Crippen LogP contribution in [-0.4, -0.2) is 25.3 Å². The monoisotopic (exact) mass is 197 g/mol. The standard InChI is InChI=1S/C12H23NO/c1-10-11(7-8-14-10)9-13-12-5-3-2-4-6-12/h10-13H,2-9H2,1H3. The molecule has 0 aromatic carbocycles. The van der Waals surface area contributed by atoms with Crippen molar-refractivity contribution in [3.05, 3.63) is 0 Å². The fourth-order valence-corrected chi connectivity index (χ4v) is 2.67. The second kappa shape index (κ2) is 5.13. The van der Waals surface area contributed by atoms with Gasteiger partial charge in [-0.3, -0.25) is 0 Å². The summed E-state index contributed by atoms with van der Waals surface area (Å²) in [6.07, 6.45) is 8.81. The van der Waals surface area contributed by atoms with Gasteiger partial charge in [0.05, 0.1) is 6.10 Å². The number of rotatable bonds is 3. The number of hydrogen-bond donors (Lipinski definition) is 1. The van der Waals surface area contributed by atoms with Gasteiger partial charge >= 0.3 is 0 Å². The summed E-state index contributed by atoms with van der Waals surface area (Å²) in [4.78, 5) is 0. The van der Waals surface area contributed by atoms with Gasteiger partial charge in [-0.2, -0.15) is 0 Å². The predicted molar refractivity (Wildman–Crippen MR) is 58.4 cm³/mol. The number of hydrogen-bond acceptors (Lipinski definition) is 2. The first kappa shape index (κ1) is 10.4. The Morgan fingerprint density at radius 1 is 1.14 bits per heavy atom. The third-order valence-electron chi connectivity index (χ3n) is 3.81. The number of ether oxygens (including phenoxy) is 1. The third-order valence-corrected chi connectivity index (χ3v) is 3.81. The Hall–Kier alpha value is -0.0800. The largest absolute Gasteiger partial charge is 0.378 e. The molecular weight excluding hydrogens is 174 g/mol. The molecule has 0 spiro atoms. The lowest BCUT2D eigenvalue weighted by Gasteiger charge is -2.25. The maximum atomic E-state index is 5.57. The maximum absolute atomic E-state index is 5.57. The zero-order valence-corrected chi connectivity index (χ0v) is 9.30. The molecule has 1 aliphatic carbocycles. The van der Waals surface area contributed by atoms with Crippen molar-refractivity contribution < 1.29 is 4.74 Å². The summed E-state index contributed by atoms with van der Waals surface area (Å²) in [6.45, 7) is 4.35. The van der Waals surface area contributed by atoms with Crippen molar-refractivity contribution in [3.8, 4) is 0 Å². The van der Waals surface area contributed by atoms with Crippen LogP contribution in [0.3, 0.4) is 0 Å². The molecule has 1 aliphatic heterocycles. The Morgan fingerprint density at radius 2 is 1.93 bits per heavy atom. The molecule has 2 aliphatic rings. The molecule has 2 fully saturated rings. The molecule has 1 saturated heterocycles. The highest BCUT2D eigenvalue weighted by molar-refractivity contribution is 4.78. The molecule has 82 valence electrons. The molecule has 1 heterocycles. The van der Waals surface area contributed by atoms with E-state index in [1.54, 1.807) is 0 Å². The van der Waals surface area contributed by atoms with E-state index in [0.717, 1.165) is 18.6 Å². The highest BCUT2D eigenvalue weighted by Crippen LogP contribution is 2.21. The Bertz CT molecular complexity index is 166. The molecule has 2 nitrogen and oxygen atoms in total. The van der Waals surface area contributed by atoms with Gasteiger partial charge in [-0.1, -0.05) is 19.3 Å². The Kier molecular flexibility index (Phi) is 3.82. The summed E-state index contributed by atoms with van der Waals surface area (Å²) in [5.41, 5.74) is 0. The van der Waals surface area contributed by atoms with Crippen LogP contribution in [0.15, 0.2) is 0 Å². The van der Waals surface area contributed by atoms with Crippen molar-refractivity contribution in [2.24, 2.45) is 5.92 Å². The highest BCUT2D eigenvalue weighted by Gasteiger charge is 2.24. The van der Waals surface area contributed by atoms with Crippen LogP contribution in [0.4, 0.5) is 0 Å². The van der Waals surface area contributed by atoms with Gasteiger partial charge < -0.3 is 10.1 Å². The second-order valence-corrected chi connectivity index (χ2v) is 4.87. The van der Waals surface area contributed by atoms with Crippen molar-refractivity contribution in [2.45, 2.75) is 57.6 Å². The molecule has 0 aromatic rings. The van der Waals surface area contributed by atoms with Crippen LogP contribution in [0.5, 0.6) is 0 Å². The minimum atomic E-state index is 0.478. The molecule has 0 amide bonds. The molecule has 2 rings (SSSR count). The van der Waals surface area contributed by atoms with Gasteiger partial charge in [-0.15, -0.1) is 0 Å². The molecule has 0 radical (unpaired) electrons. The van der Waals surface area contributed by atoms with E-state index in [1.807, 2.05) is 0 Å². The third kappa shape index (κ3) is 2.71. The zero-order chi connectivity index (χ0) is 9.80. The Morgan fingerprint density at radius 3 is 2.57 bits per heavy atom. The summed E-state index contributed by atoms with van der Waals surface area (Å²) in [7, 11) is 0. The zero-order valence-electron chi connectivity index (χ0n) is 9.30. The molecule has 2 unspecified atom stereocenters. The van der Waals surface area contributed by atoms with Gasteiger partial charge in [0.25, 0.3) is 0 Å². The molecule has 1 N–H and O–H groups in total. The average molecular weight is 197 g/mol. The van der Waals surface area contributed by atoms with Crippen LogP contribution in [0, 0.1) is 5.92 Å². The van der Waals surface area contributed by atoms with E-state index in [0.29, 0.717) is 6.10 Å². The van der Waals surface area contributed by atoms with Gasteiger partial charge in [0.2, 0.25) is 0 Å². The van der Waals surface area contributed by atoms with E-state index in [9.17, 15) is 0 Å². The molecule has 2 heteroatoms. The van der Waals surface area contributed by atoms with Gasteiger partial charge in [-0.05, 0) is 32.1 Å². The molecule has 0 aromatic heterocycles. The van der Waals surface area contributed by atoms with Crippen LogP contribution < -0.4 is 5.32 Å². The van der Waals surface area contributed by atoms with Crippen molar-refractivity contribution >= 4 is 0 Å². The smallest absolute Gasteiger partial charge is 0.0588 e. The lowest BCUT2D eigenvalue weighted by molar-refractivity contribution is 0.104. The van der Waals surface area contributed by atoms with Gasteiger partial charge in [0.15, 0.2) is 0 Å². The lowest BCUT2D eigenvalue weighted by atomic mass is 9.94.